The second kappa shape index (κ2) is 7.82. The van der Waals surface area contributed by atoms with E-state index in [9.17, 15) is 4.79 Å². The van der Waals surface area contributed by atoms with Gasteiger partial charge in [-0.25, -0.2) is 0 Å². The van der Waals surface area contributed by atoms with Crippen LogP contribution in [-0.2, 0) is 11.2 Å². The zero-order chi connectivity index (χ0) is 16.8. The smallest absolute Gasteiger partial charge is 0.224 e. The van der Waals surface area contributed by atoms with Crippen LogP contribution < -0.4 is 10.1 Å². The van der Waals surface area contributed by atoms with Gasteiger partial charge in [0, 0.05) is 0 Å². The number of carbonyl (C=O) groups excluding carboxylic acids is 1. The Bertz CT molecular complexity index is 669. The third-order valence-electron chi connectivity index (χ3n) is 3.89. The van der Waals surface area contributed by atoms with Gasteiger partial charge in [-0.1, -0.05) is 42.0 Å². The molecule has 0 spiro atoms. The van der Waals surface area contributed by atoms with E-state index in [4.69, 9.17) is 4.74 Å². The molecule has 0 atom stereocenters. The molecule has 0 bridgehead atoms. The molecule has 2 aromatic carbocycles. The summed E-state index contributed by atoms with van der Waals surface area (Å²) in [5.74, 6) is 0.948. The zero-order valence-electron chi connectivity index (χ0n) is 14.4. The van der Waals surface area contributed by atoms with Crippen molar-refractivity contribution in [3.05, 3.63) is 64.2 Å². The van der Waals surface area contributed by atoms with Gasteiger partial charge >= 0.3 is 0 Å². The lowest BCUT2D eigenvalue weighted by Gasteiger charge is -2.13. The number of hydrogen-bond acceptors (Lipinski definition) is 2. The van der Waals surface area contributed by atoms with Gasteiger partial charge in [0.05, 0.1) is 13.0 Å². The standard InChI is InChI=1S/C20H25NO2/c1-14-11-16(3)20(17(4)12-14)23-10-9-21-19(22)13-18-8-6-5-7-15(18)2/h5-8,11-12H,9-10,13H2,1-4H3,(H,21,22). The first-order valence-electron chi connectivity index (χ1n) is 7.99. The van der Waals surface area contributed by atoms with Crippen molar-refractivity contribution in [1.29, 1.82) is 0 Å². The van der Waals surface area contributed by atoms with Crippen molar-refractivity contribution in [3.63, 3.8) is 0 Å². The maximum Gasteiger partial charge on any atom is 0.224 e. The van der Waals surface area contributed by atoms with E-state index < -0.39 is 0 Å². The highest BCUT2D eigenvalue weighted by Crippen LogP contribution is 2.24. The molecule has 0 saturated carbocycles. The van der Waals surface area contributed by atoms with E-state index in [-0.39, 0.29) is 5.91 Å². The van der Waals surface area contributed by atoms with Gasteiger partial charge in [0.1, 0.15) is 12.4 Å². The first-order valence-corrected chi connectivity index (χ1v) is 7.99. The molecule has 0 aliphatic carbocycles. The van der Waals surface area contributed by atoms with Crippen LogP contribution in [0.4, 0.5) is 0 Å². The maximum atomic E-state index is 12.0. The van der Waals surface area contributed by atoms with Gasteiger partial charge in [-0.2, -0.15) is 0 Å². The van der Waals surface area contributed by atoms with E-state index >= 15 is 0 Å². The molecule has 0 aliphatic heterocycles. The van der Waals surface area contributed by atoms with Crippen LogP contribution in [-0.4, -0.2) is 19.1 Å². The van der Waals surface area contributed by atoms with Crippen molar-refractivity contribution in [3.8, 4) is 5.75 Å². The Morgan fingerprint density at radius 3 is 2.30 bits per heavy atom. The summed E-state index contributed by atoms with van der Waals surface area (Å²) < 4.78 is 5.83. The summed E-state index contributed by atoms with van der Waals surface area (Å²) in [6.07, 6.45) is 0.412. The number of amides is 1. The zero-order valence-corrected chi connectivity index (χ0v) is 14.4. The van der Waals surface area contributed by atoms with Crippen LogP contribution in [0.5, 0.6) is 5.75 Å². The molecule has 1 N–H and O–H groups in total. The number of carbonyl (C=O) groups is 1. The van der Waals surface area contributed by atoms with Crippen LogP contribution in [0.25, 0.3) is 0 Å². The van der Waals surface area contributed by atoms with Crippen molar-refractivity contribution in [2.45, 2.75) is 34.1 Å². The number of benzene rings is 2. The van der Waals surface area contributed by atoms with Gasteiger partial charge in [0.2, 0.25) is 5.91 Å². The van der Waals surface area contributed by atoms with Crippen LogP contribution in [0.15, 0.2) is 36.4 Å². The van der Waals surface area contributed by atoms with Crippen molar-refractivity contribution < 1.29 is 9.53 Å². The second-order valence-electron chi connectivity index (χ2n) is 6.03. The molecule has 3 nitrogen and oxygen atoms in total. The van der Waals surface area contributed by atoms with Crippen LogP contribution in [0.3, 0.4) is 0 Å². The van der Waals surface area contributed by atoms with Crippen molar-refractivity contribution in [2.75, 3.05) is 13.2 Å². The SMILES string of the molecule is Cc1cc(C)c(OCCNC(=O)Cc2ccccc2C)c(C)c1. The fourth-order valence-electron chi connectivity index (χ4n) is 2.78. The van der Waals surface area contributed by atoms with Crippen molar-refractivity contribution in [2.24, 2.45) is 0 Å². The molecule has 0 radical (unpaired) electrons. The number of ether oxygens (including phenoxy) is 1. The first kappa shape index (κ1) is 17.1. The fraction of sp³-hybridized carbons (Fsp3) is 0.350. The van der Waals surface area contributed by atoms with E-state index in [1.165, 1.54) is 5.56 Å². The molecule has 0 aliphatic rings. The summed E-state index contributed by atoms with van der Waals surface area (Å²) in [7, 11) is 0. The predicted octanol–water partition coefficient (Wildman–Crippen LogP) is 3.66. The summed E-state index contributed by atoms with van der Waals surface area (Å²) in [5, 5.41) is 2.91. The summed E-state index contributed by atoms with van der Waals surface area (Å²) in [4.78, 5) is 12.0. The predicted molar refractivity (Wildman–Crippen MR) is 94.0 cm³/mol. The Morgan fingerprint density at radius 2 is 1.65 bits per heavy atom. The van der Waals surface area contributed by atoms with Crippen molar-refractivity contribution >= 4 is 5.91 Å². The van der Waals surface area contributed by atoms with Gasteiger partial charge in [-0.05, 0) is 49.9 Å². The average Bonchev–Trinajstić information content (AvgIpc) is 2.48. The van der Waals surface area contributed by atoms with Crippen LogP contribution in [0, 0.1) is 27.7 Å². The molecular formula is C20H25NO2. The fourth-order valence-corrected chi connectivity index (χ4v) is 2.78. The minimum atomic E-state index is 0.0280. The average molecular weight is 311 g/mol. The van der Waals surface area contributed by atoms with Crippen LogP contribution in [0.1, 0.15) is 27.8 Å². The van der Waals surface area contributed by atoms with Gasteiger partial charge in [0.25, 0.3) is 0 Å². The Morgan fingerprint density at radius 1 is 1.00 bits per heavy atom. The maximum absolute atomic E-state index is 12.0. The number of aryl methyl sites for hydroxylation is 4. The summed E-state index contributed by atoms with van der Waals surface area (Å²) in [6, 6.07) is 12.2. The molecule has 0 fully saturated rings. The highest BCUT2D eigenvalue weighted by atomic mass is 16.5. The third kappa shape index (κ3) is 4.85. The Labute approximate surface area is 138 Å². The molecule has 0 heterocycles. The summed E-state index contributed by atoms with van der Waals surface area (Å²) >= 11 is 0. The van der Waals surface area contributed by atoms with E-state index in [0.717, 1.165) is 28.0 Å². The largest absolute Gasteiger partial charge is 0.491 e. The molecular weight excluding hydrogens is 286 g/mol. The quantitative estimate of drug-likeness (QED) is 0.827. The first-order chi connectivity index (χ1) is 11.0. The summed E-state index contributed by atoms with van der Waals surface area (Å²) in [6.45, 7) is 9.18. The molecule has 0 aromatic heterocycles. The van der Waals surface area contributed by atoms with Crippen LogP contribution >= 0.6 is 0 Å². The molecule has 122 valence electrons. The minimum absolute atomic E-state index is 0.0280. The third-order valence-corrected chi connectivity index (χ3v) is 3.89. The van der Waals surface area contributed by atoms with E-state index in [1.54, 1.807) is 0 Å². The lowest BCUT2D eigenvalue weighted by Crippen LogP contribution is -2.29. The molecule has 1 amide bonds. The molecule has 2 rings (SSSR count). The summed E-state index contributed by atoms with van der Waals surface area (Å²) in [5.41, 5.74) is 5.71. The molecule has 3 heteroatoms. The van der Waals surface area contributed by atoms with Gasteiger partial charge < -0.3 is 10.1 Å². The van der Waals surface area contributed by atoms with Gasteiger partial charge in [0.15, 0.2) is 0 Å². The Kier molecular flexibility index (Phi) is 5.80. The Balaban J connectivity index is 1.80. The highest BCUT2D eigenvalue weighted by molar-refractivity contribution is 5.78. The normalized spacial score (nSPS) is 10.4. The topological polar surface area (TPSA) is 38.3 Å². The molecule has 2 aromatic rings. The van der Waals surface area contributed by atoms with Gasteiger partial charge in [-0.15, -0.1) is 0 Å². The monoisotopic (exact) mass is 311 g/mol. The van der Waals surface area contributed by atoms with Crippen LogP contribution in [0.2, 0.25) is 0 Å². The van der Waals surface area contributed by atoms with E-state index in [2.05, 4.69) is 24.4 Å². The molecule has 23 heavy (non-hydrogen) atoms. The highest BCUT2D eigenvalue weighted by Gasteiger charge is 2.07. The lowest BCUT2D eigenvalue weighted by molar-refractivity contribution is -0.120. The Hall–Kier alpha value is -2.29. The minimum Gasteiger partial charge on any atom is -0.491 e. The lowest BCUT2D eigenvalue weighted by atomic mass is 10.1. The van der Waals surface area contributed by atoms with Crippen molar-refractivity contribution in [1.82, 2.24) is 5.32 Å². The van der Waals surface area contributed by atoms with Gasteiger partial charge in [-0.3, -0.25) is 4.79 Å². The molecule has 0 saturated heterocycles. The van der Waals surface area contributed by atoms with E-state index in [1.807, 2.05) is 45.0 Å². The second-order valence-corrected chi connectivity index (χ2v) is 6.03. The number of nitrogens with one attached hydrogen (secondary N) is 1. The van der Waals surface area contributed by atoms with E-state index in [0.29, 0.717) is 19.6 Å². The molecule has 0 unspecified atom stereocenters. The number of rotatable bonds is 6. The number of hydrogen-bond donors (Lipinski definition) is 1.